The molecule has 0 spiro atoms. The molecule has 0 aromatic carbocycles. The fraction of sp³-hybridized carbons (Fsp3) is 0.550. The number of hydrogen-bond acceptors (Lipinski definition) is 6. The predicted molar refractivity (Wildman–Crippen MR) is 112 cm³/mol. The minimum atomic E-state index is -3.40. The highest BCUT2D eigenvalue weighted by atomic mass is 32.2. The minimum absolute atomic E-state index is 0.141. The summed E-state index contributed by atoms with van der Waals surface area (Å²) in [6.07, 6.45) is 4.00. The van der Waals surface area contributed by atoms with Crippen LogP contribution in [-0.4, -0.2) is 42.7 Å². The highest BCUT2D eigenvalue weighted by Gasteiger charge is 2.31. The third-order valence-corrected chi connectivity index (χ3v) is 8.35. The highest BCUT2D eigenvalue weighted by Crippen LogP contribution is 2.25. The second kappa shape index (κ2) is 8.29. The Hall–Kier alpha value is -1.44. The number of rotatable bonds is 6. The van der Waals surface area contributed by atoms with E-state index in [2.05, 4.69) is 32.7 Å². The fourth-order valence-corrected chi connectivity index (χ4v) is 5.00. The van der Waals surface area contributed by atoms with Crippen LogP contribution in [0.4, 0.5) is 5.69 Å². The van der Waals surface area contributed by atoms with Crippen molar-refractivity contribution >= 4 is 26.9 Å². The van der Waals surface area contributed by atoms with Crippen molar-refractivity contribution in [2.75, 3.05) is 25.0 Å². The van der Waals surface area contributed by atoms with Gasteiger partial charge < -0.3 is 5.32 Å². The normalized spacial score (nSPS) is 17.1. The maximum absolute atomic E-state index is 12.4. The van der Waals surface area contributed by atoms with Crippen LogP contribution >= 0.6 is 11.3 Å². The molecule has 1 N–H and O–H groups in total. The molecule has 1 saturated heterocycles. The van der Waals surface area contributed by atoms with Crippen molar-refractivity contribution in [3.63, 3.8) is 0 Å². The van der Waals surface area contributed by atoms with Gasteiger partial charge >= 0.3 is 0 Å². The molecule has 1 fully saturated rings. The Morgan fingerprint density at radius 3 is 2.52 bits per heavy atom. The summed E-state index contributed by atoms with van der Waals surface area (Å²) in [5, 5.41) is 5.70. The number of nitrogens with zero attached hydrogens (tertiary/aromatic N) is 2. The zero-order valence-electron chi connectivity index (χ0n) is 16.3. The van der Waals surface area contributed by atoms with Gasteiger partial charge in [-0.15, -0.1) is 11.3 Å². The minimum Gasteiger partial charge on any atom is -0.384 e. The highest BCUT2D eigenvalue weighted by molar-refractivity contribution is 7.92. The van der Waals surface area contributed by atoms with E-state index in [1.807, 2.05) is 17.4 Å². The van der Waals surface area contributed by atoms with Gasteiger partial charge in [-0.25, -0.2) is 13.4 Å². The zero-order chi connectivity index (χ0) is 19.5. The van der Waals surface area contributed by atoms with Gasteiger partial charge in [0.25, 0.3) is 0 Å². The Morgan fingerprint density at radius 1 is 1.22 bits per heavy atom. The maximum Gasteiger partial charge on any atom is 0.200 e. The molecule has 2 aromatic heterocycles. The van der Waals surface area contributed by atoms with Crippen LogP contribution in [0.1, 0.15) is 38.5 Å². The van der Waals surface area contributed by atoms with E-state index in [-0.39, 0.29) is 5.03 Å². The van der Waals surface area contributed by atoms with Crippen molar-refractivity contribution in [2.45, 2.75) is 49.9 Å². The number of anilines is 1. The fourth-order valence-electron chi connectivity index (χ4n) is 3.19. The number of sulfone groups is 1. The first-order valence-corrected chi connectivity index (χ1v) is 11.8. The summed E-state index contributed by atoms with van der Waals surface area (Å²) in [5.74, 6) is 0.641. The first-order valence-electron chi connectivity index (χ1n) is 9.45. The van der Waals surface area contributed by atoms with Crippen LogP contribution in [0.15, 0.2) is 40.9 Å². The van der Waals surface area contributed by atoms with Crippen molar-refractivity contribution in [1.82, 2.24) is 9.88 Å². The van der Waals surface area contributed by atoms with Crippen LogP contribution in [0.3, 0.4) is 0 Å². The Morgan fingerprint density at radius 2 is 1.96 bits per heavy atom. The quantitative estimate of drug-likeness (QED) is 0.783. The van der Waals surface area contributed by atoms with E-state index in [1.54, 1.807) is 33.0 Å². The van der Waals surface area contributed by atoms with Crippen LogP contribution < -0.4 is 5.32 Å². The summed E-state index contributed by atoms with van der Waals surface area (Å²) >= 11 is 1.83. The van der Waals surface area contributed by atoms with E-state index in [0.717, 1.165) is 31.9 Å². The van der Waals surface area contributed by atoms with Crippen LogP contribution in [0.5, 0.6) is 0 Å². The summed E-state index contributed by atoms with van der Waals surface area (Å²) < 4.78 is 24.0. The molecule has 3 heterocycles. The van der Waals surface area contributed by atoms with Gasteiger partial charge in [0.1, 0.15) is 0 Å². The first kappa shape index (κ1) is 20.3. The number of nitrogens with one attached hydrogen (secondary N) is 1. The molecule has 0 bridgehead atoms. The summed E-state index contributed by atoms with van der Waals surface area (Å²) in [6, 6.07) is 7.74. The Bertz CT molecular complexity index is 817. The van der Waals surface area contributed by atoms with Gasteiger partial charge in [-0.2, -0.15) is 0 Å². The lowest BCUT2D eigenvalue weighted by atomic mass is 9.96. The molecule has 3 rings (SSSR count). The van der Waals surface area contributed by atoms with Crippen molar-refractivity contribution in [3.8, 4) is 0 Å². The van der Waals surface area contributed by atoms with E-state index in [0.29, 0.717) is 5.92 Å². The first-order chi connectivity index (χ1) is 12.8. The van der Waals surface area contributed by atoms with Crippen molar-refractivity contribution in [2.24, 2.45) is 5.92 Å². The van der Waals surface area contributed by atoms with Crippen molar-refractivity contribution in [3.05, 3.63) is 40.7 Å². The molecule has 0 atom stereocenters. The Kier molecular flexibility index (Phi) is 6.23. The molecule has 0 unspecified atom stereocenters. The number of thiophene rings is 1. The molecule has 0 aliphatic carbocycles. The standard InChI is InChI=1S/C20H29N3O2S2/c1-20(2,3)27(24,25)19-7-6-17(14-22-19)21-13-16-8-10-23(11-9-16)15-18-5-4-12-26-18/h4-7,12,14,16,21H,8-11,13,15H2,1-3H3. The van der Waals surface area contributed by atoms with Gasteiger partial charge in [0.15, 0.2) is 14.9 Å². The van der Waals surface area contributed by atoms with Gasteiger partial charge in [0.05, 0.1) is 16.6 Å². The molecule has 27 heavy (non-hydrogen) atoms. The van der Waals surface area contributed by atoms with Crippen LogP contribution in [0, 0.1) is 5.92 Å². The van der Waals surface area contributed by atoms with Gasteiger partial charge in [-0.05, 0) is 76.2 Å². The summed E-state index contributed by atoms with van der Waals surface area (Å²) in [6.45, 7) is 9.31. The largest absolute Gasteiger partial charge is 0.384 e. The molecule has 0 saturated carbocycles. The van der Waals surface area contributed by atoms with E-state index in [4.69, 9.17) is 0 Å². The number of likely N-dealkylation sites (tertiary alicyclic amines) is 1. The van der Waals surface area contributed by atoms with Gasteiger partial charge in [0.2, 0.25) is 0 Å². The van der Waals surface area contributed by atoms with E-state index in [1.165, 1.54) is 17.7 Å². The van der Waals surface area contributed by atoms with Crippen LogP contribution in [-0.2, 0) is 16.4 Å². The third-order valence-electron chi connectivity index (χ3n) is 5.08. The van der Waals surface area contributed by atoms with Crippen molar-refractivity contribution < 1.29 is 8.42 Å². The van der Waals surface area contributed by atoms with E-state index < -0.39 is 14.6 Å². The SMILES string of the molecule is CC(C)(C)S(=O)(=O)c1ccc(NCC2CCN(Cc3cccs3)CC2)cn1. The zero-order valence-corrected chi connectivity index (χ0v) is 17.9. The second-order valence-electron chi connectivity index (χ2n) is 8.18. The molecule has 0 amide bonds. The summed E-state index contributed by atoms with van der Waals surface area (Å²) in [7, 11) is -3.40. The lowest BCUT2D eigenvalue weighted by molar-refractivity contribution is 0.184. The number of aromatic nitrogens is 1. The predicted octanol–water partition coefficient (Wildman–Crippen LogP) is 4.04. The number of hydrogen-bond donors (Lipinski definition) is 1. The van der Waals surface area contributed by atoms with Crippen molar-refractivity contribution in [1.29, 1.82) is 0 Å². The maximum atomic E-state index is 12.4. The average Bonchev–Trinajstić information content (AvgIpc) is 3.13. The average molecular weight is 408 g/mol. The summed E-state index contributed by atoms with van der Waals surface area (Å²) in [5.41, 5.74) is 0.879. The van der Waals surface area contributed by atoms with Crippen LogP contribution in [0.25, 0.3) is 0 Å². The molecular weight excluding hydrogens is 378 g/mol. The molecule has 7 heteroatoms. The molecule has 5 nitrogen and oxygen atoms in total. The summed E-state index contributed by atoms with van der Waals surface area (Å²) in [4.78, 5) is 8.13. The third kappa shape index (κ3) is 5.09. The molecule has 1 aliphatic heterocycles. The topological polar surface area (TPSA) is 62.3 Å². The Balaban J connectivity index is 1.47. The Labute approximate surface area is 166 Å². The van der Waals surface area contributed by atoms with E-state index in [9.17, 15) is 8.42 Å². The second-order valence-corrected chi connectivity index (χ2v) is 11.9. The lowest BCUT2D eigenvalue weighted by Crippen LogP contribution is -2.35. The monoisotopic (exact) mass is 407 g/mol. The number of pyridine rings is 1. The van der Waals surface area contributed by atoms with Gasteiger partial charge in [-0.1, -0.05) is 6.07 Å². The molecule has 1 aliphatic rings. The number of piperidine rings is 1. The molecule has 0 radical (unpaired) electrons. The van der Waals surface area contributed by atoms with E-state index >= 15 is 0 Å². The molecule has 2 aromatic rings. The molecular formula is C20H29N3O2S2. The molecule has 148 valence electrons. The smallest absolute Gasteiger partial charge is 0.200 e. The lowest BCUT2D eigenvalue weighted by Gasteiger charge is -2.31. The van der Waals surface area contributed by atoms with Gasteiger partial charge in [0, 0.05) is 18.0 Å². The van der Waals surface area contributed by atoms with Crippen LogP contribution in [0.2, 0.25) is 0 Å². The van der Waals surface area contributed by atoms with Gasteiger partial charge in [-0.3, -0.25) is 4.90 Å².